The summed E-state index contributed by atoms with van der Waals surface area (Å²) in [5, 5.41) is 13.4. The first-order valence-electron chi connectivity index (χ1n) is 6.11. The van der Waals surface area contributed by atoms with Crippen LogP contribution in [0.1, 0.15) is 5.56 Å². The minimum absolute atomic E-state index is 0.0157. The molecule has 2 rings (SSSR count). The Kier molecular flexibility index (Phi) is 4.89. The molecule has 6 nitrogen and oxygen atoms in total. The minimum Gasteiger partial charge on any atom is -0.503 e. The van der Waals surface area contributed by atoms with Gasteiger partial charge in [0.05, 0.1) is 23.2 Å². The van der Waals surface area contributed by atoms with Crippen molar-refractivity contribution < 1.29 is 18.3 Å². The van der Waals surface area contributed by atoms with E-state index in [1.807, 2.05) is 0 Å². The van der Waals surface area contributed by atoms with E-state index < -0.39 is 10.0 Å². The van der Waals surface area contributed by atoms with Crippen LogP contribution in [0.2, 0.25) is 5.02 Å². The Morgan fingerprint density at radius 2 is 1.91 bits per heavy atom. The van der Waals surface area contributed by atoms with Crippen molar-refractivity contribution in [2.45, 2.75) is 4.90 Å². The summed E-state index contributed by atoms with van der Waals surface area (Å²) in [4.78, 5) is 2.16. The van der Waals surface area contributed by atoms with Gasteiger partial charge in [-0.15, -0.1) is 0 Å². The maximum Gasteiger partial charge on any atom is 0.276 e. The van der Waals surface area contributed by atoms with E-state index in [0.717, 1.165) is 0 Å². The quantitative estimate of drug-likeness (QED) is 0.646. The average molecular weight is 341 g/mol. The first-order chi connectivity index (χ1) is 10.5. The van der Waals surface area contributed by atoms with Crippen molar-refractivity contribution in [1.29, 1.82) is 0 Å². The van der Waals surface area contributed by atoms with Crippen LogP contribution in [0.25, 0.3) is 0 Å². The van der Waals surface area contributed by atoms with Gasteiger partial charge in [-0.2, -0.15) is 13.5 Å². The van der Waals surface area contributed by atoms with E-state index in [2.05, 4.69) is 9.93 Å². The first-order valence-corrected chi connectivity index (χ1v) is 7.97. The molecule has 0 unspecified atom stereocenters. The Labute approximate surface area is 133 Å². The summed E-state index contributed by atoms with van der Waals surface area (Å²) in [6, 6.07) is 10.9. The number of methoxy groups -OCH3 is 1. The van der Waals surface area contributed by atoms with Crippen LogP contribution in [-0.4, -0.2) is 26.8 Å². The van der Waals surface area contributed by atoms with E-state index in [0.29, 0.717) is 5.56 Å². The van der Waals surface area contributed by atoms with Crippen molar-refractivity contribution in [3.8, 4) is 11.5 Å². The molecule has 0 saturated carbocycles. The number of halogens is 1. The van der Waals surface area contributed by atoms with Gasteiger partial charge in [-0.3, -0.25) is 0 Å². The predicted octanol–water partition coefficient (Wildman–Crippen LogP) is 2.37. The van der Waals surface area contributed by atoms with Gasteiger partial charge >= 0.3 is 0 Å². The van der Waals surface area contributed by atoms with E-state index in [-0.39, 0.29) is 21.4 Å². The maximum absolute atomic E-state index is 11.9. The van der Waals surface area contributed by atoms with Crippen molar-refractivity contribution >= 4 is 27.8 Å². The number of sulfonamides is 1. The lowest BCUT2D eigenvalue weighted by Crippen LogP contribution is -2.18. The van der Waals surface area contributed by atoms with Gasteiger partial charge in [0.25, 0.3) is 10.0 Å². The van der Waals surface area contributed by atoms with Crippen molar-refractivity contribution in [3.05, 3.63) is 53.1 Å². The molecular weight excluding hydrogens is 328 g/mol. The summed E-state index contributed by atoms with van der Waals surface area (Å²) < 4.78 is 28.8. The van der Waals surface area contributed by atoms with Gasteiger partial charge in [0.2, 0.25) is 0 Å². The van der Waals surface area contributed by atoms with Crippen LogP contribution in [-0.2, 0) is 10.0 Å². The molecule has 2 aromatic rings. The van der Waals surface area contributed by atoms with Gasteiger partial charge in [-0.1, -0.05) is 29.8 Å². The highest BCUT2D eigenvalue weighted by molar-refractivity contribution is 7.89. The fraction of sp³-hybridized carbons (Fsp3) is 0.0714. The molecule has 22 heavy (non-hydrogen) atoms. The van der Waals surface area contributed by atoms with E-state index in [1.54, 1.807) is 24.3 Å². The molecule has 0 amide bonds. The highest BCUT2D eigenvalue weighted by atomic mass is 35.5. The number of rotatable bonds is 5. The Morgan fingerprint density at radius 3 is 2.55 bits per heavy atom. The van der Waals surface area contributed by atoms with Crippen LogP contribution in [0, 0.1) is 0 Å². The second-order valence-corrected chi connectivity index (χ2v) is 6.22. The number of ether oxygens (including phenoxy) is 1. The second-order valence-electron chi connectivity index (χ2n) is 4.19. The Hall–Kier alpha value is -2.25. The van der Waals surface area contributed by atoms with Crippen molar-refractivity contribution in [3.63, 3.8) is 0 Å². The summed E-state index contributed by atoms with van der Waals surface area (Å²) in [7, 11) is -2.35. The summed E-state index contributed by atoms with van der Waals surface area (Å²) in [5.41, 5.74) is 0.343. The van der Waals surface area contributed by atoms with Crippen LogP contribution < -0.4 is 9.57 Å². The van der Waals surface area contributed by atoms with Crippen molar-refractivity contribution in [1.82, 2.24) is 4.83 Å². The standard InChI is InChI=1S/C14H13ClN2O4S/c1-21-12-8-7-10(13(15)14(12)18)9-16-17-22(19,20)11-5-3-2-4-6-11/h2-9,17-18H,1H3/b16-9+. The molecule has 8 heteroatoms. The number of phenols is 1. The highest BCUT2D eigenvalue weighted by Gasteiger charge is 2.12. The first kappa shape index (κ1) is 16.1. The van der Waals surface area contributed by atoms with Gasteiger partial charge < -0.3 is 9.84 Å². The van der Waals surface area contributed by atoms with E-state index in [4.69, 9.17) is 16.3 Å². The summed E-state index contributed by atoms with van der Waals surface area (Å²) in [6.07, 6.45) is 1.20. The largest absolute Gasteiger partial charge is 0.503 e. The third-order valence-corrected chi connectivity index (χ3v) is 4.39. The zero-order valence-electron chi connectivity index (χ0n) is 11.5. The molecule has 2 aromatic carbocycles. The Morgan fingerprint density at radius 1 is 1.23 bits per heavy atom. The number of nitrogens with zero attached hydrogens (tertiary/aromatic N) is 1. The van der Waals surface area contributed by atoms with E-state index in [9.17, 15) is 13.5 Å². The average Bonchev–Trinajstić information content (AvgIpc) is 2.52. The fourth-order valence-corrected chi connectivity index (χ4v) is 2.66. The molecular formula is C14H13ClN2O4S. The van der Waals surface area contributed by atoms with E-state index in [1.165, 1.54) is 31.5 Å². The zero-order valence-corrected chi connectivity index (χ0v) is 13.1. The minimum atomic E-state index is -3.74. The molecule has 0 heterocycles. The van der Waals surface area contributed by atoms with E-state index >= 15 is 0 Å². The summed E-state index contributed by atoms with van der Waals surface area (Å²) >= 11 is 5.95. The third kappa shape index (κ3) is 3.49. The smallest absolute Gasteiger partial charge is 0.276 e. The zero-order chi connectivity index (χ0) is 16.2. The number of hydrazone groups is 1. The van der Waals surface area contributed by atoms with Crippen LogP contribution in [0.5, 0.6) is 11.5 Å². The fourth-order valence-electron chi connectivity index (χ4n) is 1.64. The molecule has 0 saturated heterocycles. The van der Waals surface area contributed by atoms with Gasteiger partial charge in [0, 0.05) is 5.56 Å². The molecule has 116 valence electrons. The lowest BCUT2D eigenvalue weighted by Gasteiger charge is -2.07. The second kappa shape index (κ2) is 6.67. The molecule has 0 aliphatic carbocycles. The predicted molar refractivity (Wildman–Crippen MR) is 84.0 cm³/mol. The third-order valence-electron chi connectivity index (χ3n) is 2.76. The van der Waals surface area contributed by atoms with Crippen LogP contribution in [0.4, 0.5) is 0 Å². The lowest BCUT2D eigenvalue weighted by molar-refractivity contribution is 0.373. The van der Waals surface area contributed by atoms with Gasteiger partial charge in [-0.05, 0) is 24.3 Å². The number of nitrogens with one attached hydrogen (secondary N) is 1. The molecule has 0 aromatic heterocycles. The van der Waals surface area contributed by atoms with Crippen molar-refractivity contribution in [2.75, 3.05) is 7.11 Å². The molecule has 0 aliphatic rings. The topological polar surface area (TPSA) is 88.0 Å². The molecule has 0 radical (unpaired) electrons. The normalized spacial score (nSPS) is 11.5. The van der Waals surface area contributed by atoms with Crippen molar-refractivity contribution in [2.24, 2.45) is 5.10 Å². The molecule has 0 aliphatic heterocycles. The number of hydrogen-bond acceptors (Lipinski definition) is 5. The molecule has 0 bridgehead atoms. The summed E-state index contributed by atoms with van der Waals surface area (Å²) in [5.74, 6) is -0.0222. The lowest BCUT2D eigenvalue weighted by atomic mass is 10.2. The van der Waals surface area contributed by atoms with Gasteiger partial charge in [-0.25, -0.2) is 4.83 Å². The number of aromatic hydroxyl groups is 1. The molecule has 0 spiro atoms. The van der Waals surface area contributed by atoms with Crippen LogP contribution >= 0.6 is 11.6 Å². The maximum atomic E-state index is 11.9. The molecule has 0 atom stereocenters. The Balaban J connectivity index is 2.19. The molecule has 0 fully saturated rings. The van der Waals surface area contributed by atoms with Crippen LogP contribution in [0.3, 0.4) is 0 Å². The number of benzene rings is 2. The van der Waals surface area contributed by atoms with Gasteiger partial charge in [0.1, 0.15) is 0 Å². The van der Waals surface area contributed by atoms with Gasteiger partial charge in [0.15, 0.2) is 11.5 Å². The summed E-state index contributed by atoms with van der Waals surface area (Å²) in [6.45, 7) is 0. The monoisotopic (exact) mass is 340 g/mol. The number of hydrogen-bond donors (Lipinski definition) is 2. The molecule has 2 N–H and O–H groups in total. The Bertz CT molecular complexity index is 792. The SMILES string of the molecule is COc1ccc(/C=N/NS(=O)(=O)c2ccccc2)c(Cl)c1O. The van der Waals surface area contributed by atoms with Crippen LogP contribution in [0.15, 0.2) is 52.5 Å². The highest BCUT2D eigenvalue weighted by Crippen LogP contribution is 2.35. The number of phenolic OH excluding ortho intramolecular Hbond substituents is 1.